The Bertz CT molecular complexity index is 982. The van der Waals surface area contributed by atoms with Gasteiger partial charge in [0.15, 0.2) is 0 Å². The summed E-state index contributed by atoms with van der Waals surface area (Å²) in [6, 6.07) is 25.6. The van der Waals surface area contributed by atoms with Gasteiger partial charge in [-0.1, -0.05) is 54.6 Å². The fourth-order valence-corrected chi connectivity index (χ4v) is 3.68. The van der Waals surface area contributed by atoms with Crippen molar-refractivity contribution in [3.63, 3.8) is 0 Å². The van der Waals surface area contributed by atoms with E-state index in [4.69, 9.17) is 4.98 Å². The molecule has 23 heavy (non-hydrogen) atoms. The van der Waals surface area contributed by atoms with Gasteiger partial charge in [0.1, 0.15) is 0 Å². The number of fused-ring (bicyclic) bond motifs is 3. The van der Waals surface area contributed by atoms with Crippen molar-refractivity contribution in [1.29, 1.82) is 0 Å². The second-order valence-electron chi connectivity index (χ2n) is 6.03. The fraction of sp³-hybridized carbons (Fsp3) is 0.0952. The van der Waals surface area contributed by atoms with Crippen LogP contribution < -0.4 is 4.90 Å². The molecule has 3 aromatic carbocycles. The molecule has 0 spiro atoms. The molecule has 0 atom stereocenters. The van der Waals surface area contributed by atoms with E-state index in [1.807, 2.05) is 0 Å². The zero-order valence-electron chi connectivity index (χ0n) is 12.7. The summed E-state index contributed by atoms with van der Waals surface area (Å²) in [5.41, 5.74) is 6.17. The van der Waals surface area contributed by atoms with Crippen molar-refractivity contribution in [2.24, 2.45) is 0 Å². The topological polar surface area (TPSA) is 16.1 Å². The van der Waals surface area contributed by atoms with E-state index in [0.29, 0.717) is 0 Å². The van der Waals surface area contributed by atoms with Crippen LogP contribution >= 0.6 is 0 Å². The molecule has 0 saturated heterocycles. The summed E-state index contributed by atoms with van der Waals surface area (Å²) < 4.78 is 0. The van der Waals surface area contributed by atoms with Crippen molar-refractivity contribution in [3.05, 3.63) is 78.4 Å². The molecule has 0 bridgehead atoms. The van der Waals surface area contributed by atoms with Crippen molar-refractivity contribution >= 4 is 33.2 Å². The highest BCUT2D eigenvalue weighted by Gasteiger charge is 2.23. The quantitative estimate of drug-likeness (QED) is 0.455. The molecule has 1 aliphatic rings. The van der Waals surface area contributed by atoms with Gasteiger partial charge >= 0.3 is 0 Å². The van der Waals surface area contributed by atoms with Crippen LogP contribution in [0.5, 0.6) is 0 Å². The minimum Gasteiger partial charge on any atom is -0.340 e. The molecule has 110 valence electrons. The van der Waals surface area contributed by atoms with Crippen LogP contribution in [0, 0.1) is 0 Å². The van der Waals surface area contributed by atoms with Crippen molar-refractivity contribution < 1.29 is 0 Å². The normalized spacial score (nSPS) is 13.7. The maximum Gasteiger partial charge on any atom is 0.0730 e. The average molecular weight is 296 g/mol. The predicted molar refractivity (Wildman–Crippen MR) is 96.4 cm³/mol. The molecule has 4 aromatic rings. The van der Waals surface area contributed by atoms with Crippen molar-refractivity contribution in [2.45, 2.75) is 6.42 Å². The van der Waals surface area contributed by atoms with E-state index in [0.717, 1.165) is 24.0 Å². The summed E-state index contributed by atoms with van der Waals surface area (Å²) in [4.78, 5) is 7.30. The summed E-state index contributed by atoms with van der Waals surface area (Å²) in [6.07, 6.45) is 1.10. The summed E-state index contributed by atoms with van der Waals surface area (Å²) in [5.74, 6) is 0. The van der Waals surface area contributed by atoms with Crippen LogP contribution in [0.15, 0.2) is 72.8 Å². The number of rotatable bonds is 1. The van der Waals surface area contributed by atoms with E-state index < -0.39 is 0 Å². The van der Waals surface area contributed by atoms with E-state index in [1.54, 1.807) is 0 Å². The van der Waals surface area contributed by atoms with Gasteiger partial charge in [-0.3, -0.25) is 0 Å². The van der Waals surface area contributed by atoms with Gasteiger partial charge in [-0.05, 0) is 30.2 Å². The molecule has 5 rings (SSSR count). The maximum absolute atomic E-state index is 4.84. The minimum atomic E-state index is 1.03. The molecule has 0 saturated carbocycles. The van der Waals surface area contributed by atoms with Gasteiger partial charge in [0.05, 0.1) is 16.7 Å². The standard InChI is InChI=1S/C21H16N2/c1-6-12-20-15(7-1)13-14-23(20)21-16-8-2-4-10-18(16)22-19-11-5-3-9-17(19)21/h1-12H,13-14H2. The third-order valence-electron chi connectivity index (χ3n) is 4.72. The lowest BCUT2D eigenvalue weighted by Crippen LogP contribution is -2.14. The van der Waals surface area contributed by atoms with Gasteiger partial charge in [-0.2, -0.15) is 0 Å². The molecule has 0 radical (unpaired) electrons. The highest BCUT2D eigenvalue weighted by molar-refractivity contribution is 6.09. The Kier molecular flexibility index (Phi) is 2.65. The molecule has 2 heterocycles. The first-order valence-electron chi connectivity index (χ1n) is 8.05. The maximum atomic E-state index is 4.84. The second kappa shape index (κ2) is 4.82. The summed E-state index contributed by atoms with van der Waals surface area (Å²) >= 11 is 0. The molecule has 0 N–H and O–H groups in total. The van der Waals surface area contributed by atoms with Gasteiger partial charge in [-0.15, -0.1) is 0 Å². The number of pyridine rings is 1. The minimum absolute atomic E-state index is 1.03. The van der Waals surface area contributed by atoms with Crippen molar-refractivity contribution in [1.82, 2.24) is 4.98 Å². The number of hydrogen-bond acceptors (Lipinski definition) is 2. The Labute approximate surface area is 135 Å². The molecule has 2 heteroatoms. The highest BCUT2D eigenvalue weighted by Crippen LogP contribution is 2.41. The molecule has 0 unspecified atom stereocenters. The smallest absolute Gasteiger partial charge is 0.0730 e. The van der Waals surface area contributed by atoms with Crippen LogP contribution in [-0.2, 0) is 6.42 Å². The van der Waals surface area contributed by atoms with E-state index in [9.17, 15) is 0 Å². The second-order valence-corrected chi connectivity index (χ2v) is 6.03. The molecule has 0 amide bonds. The Morgan fingerprint density at radius 2 is 1.30 bits per heavy atom. The molecule has 0 fully saturated rings. The molecular formula is C21H16N2. The number of nitrogens with zero attached hydrogens (tertiary/aromatic N) is 2. The lowest BCUT2D eigenvalue weighted by Gasteiger charge is -2.23. The van der Waals surface area contributed by atoms with E-state index in [1.165, 1.54) is 27.7 Å². The first kappa shape index (κ1) is 12.7. The van der Waals surface area contributed by atoms with E-state index >= 15 is 0 Å². The summed E-state index contributed by atoms with van der Waals surface area (Å²) in [7, 11) is 0. The van der Waals surface area contributed by atoms with Crippen LogP contribution in [0.3, 0.4) is 0 Å². The number of hydrogen-bond donors (Lipinski definition) is 0. The molecule has 0 aliphatic carbocycles. The van der Waals surface area contributed by atoms with Crippen LogP contribution in [0.2, 0.25) is 0 Å². The first-order chi connectivity index (χ1) is 11.4. The van der Waals surface area contributed by atoms with Crippen LogP contribution in [0.1, 0.15) is 5.56 Å². The van der Waals surface area contributed by atoms with Gasteiger partial charge < -0.3 is 4.90 Å². The molecule has 2 nitrogen and oxygen atoms in total. The fourth-order valence-electron chi connectivity index (χ4n) is 3.68. The number of para-hydroxylation sites is 3. The van der Waals surface area contributed by atoms with Crippen molar-refractivity contribution in [3.8, 4) is 0 Å². The Balaban J connectivity index is 1.89. The van der Waals surface area contributed by atoms with Gasteiger partial charge in [0, 0.05) is 23.0 Å². The van der Waals surface area contributed by atoms with Crippen LogP contribution in [0.25, 0.3) is 21.8 Å². The average Bonchev–Trinajstić information content (AvgIpc) is 3.03. The Morgan fingerprint density at radius 1 is 0.696 bits per heavy atom. The lowest BCUT2D eigenvalue weighted by molar-refractivity contribution is 1.01. The number of benzene rings is 3. The summed E-state index contributed by atoms with van der Waals surface area (Å²) in [6.45, 7) is 1.03. The van der Waals surface area contributed by atoms with Gasteiger partial charge in [-0.25, -0.2) is 4.98 Å². The third-order valence-corrected chi connectivity index (χ3v) is 4.72. The molecular weight excluding hydrogens is 280 g/mol. The molecule has 1 aliphatic heterocycles. The van der Waals surface area contributed by atoms with Crippen LogP contribution in [-0.4, -0.2) is 11.5 Å². The Hall–Kier alpha value is -2.87. The number of anilines is 2. The predicted octanol–water partition coefficient (Wildman–Crippen LogP) is 5.08. The zero-order valence-corrected chi connectivity index (χ0v) is 12.7. The third kappa shape index (κ3) is 1.85. The van der Waals surface area contributed by atoms with E-state index in [-0.39, 0.29) is 0 Å². The number of aromatic nitrogens is 1. The van der Waals surface area contributed by atoms with Gasteiger partial charge in [0.25, 0.3) is 0 Å². The zero-order chi connectivity index (χ0) is 15.2. The lowest BCUT2D eigenvalue weighted by atomic mass is 10.1. The monoisotopic (exact) mass is 296 g/mol. The highest BCUT2D eigenvalue weighted by atomic mass is 15.2. The van der Waals surface area contributed by atoms with Crippen molar-refractivity contribution in [2.75, 3.05) is 11.4 Å². The Morgan fingerprint density at radius 3 is 2.04 bits per heavy atom. The first-order valence-corrected chi connectivity index (χ1v) is 8.05. The largest absolute Gasteiger partial charge is 0.340 e. The SMILES string of the molecule is c1ccc2c(c1)CCN2c1c2ccccc2nc2ccccc12. The summed E-state index contributed by atoms with van der Waals surface area (Å²) in [5, 5.41) is 2.45. The molecule has 1 aromatic heterocycles. The van der Waals surface area contributed by atoms with Crippen LogP contribution in [0.4, 0.5) is 11.4 Å². The van der Waals surface area contributed by atoms with E-state index in [2.05, 4.69) is 77.7 Å². The van der Waals surface area contributed by atoms with Gasteiger partial charge in [0.2, 0.25) is 0 Å².